The van der Waals surface area contributed by atoms with Gasteiger partial charge in [-0.25, -0.2) is 4.79 Å². The van der Waals surface area contributed by atoms with Crippen molar-refractivity contribution in [1.29, 1.82) is 0 Å². The molecule has 0 bridgehead atoms. The molecule has 5 N–H and O–H groups in total. The third kappa shape index (κ3) is 8.57. The fourth-order valence-corrected chi connectivity index (χ4v) is 7.13. The first kappa shape index (κ1) is 30.1. The van der Waals surface area contributed by atoms with Gasteiger partial charge in [-0.2, -0.15) is 11.8 Å². The van der Waals surface area contributed by atoms with Gasteiger partial charge in [0.2, 0.25) is 17.7 Å². The van der Waals surface area contributed by atoms with Gasteiger partial charge in [-0.15, -0.1) is 0 Å². The number of aromatic nitrogens is 1. The maximum absolute atomic E-state index is 13.1. The zero-order valence-electron chi connectivity index (χ0n) is 23.0. The van der Waals surface area contributed by atoms with E-state index in [1.807, 2.05) is 11.8 Å². The Morgan fingerprint density at radius 2 is 1.75 bits per heavy atom. The molecule has 1 aromatic heterocycles. The number of aliphatic hydroxyl groups is 1. The molecule has 5 amide bonds. The molecule has 5 atom stereocenters. The van der Waals surface area contributed by atoms with Crippen LogP contribution in [0.4, 0.5) is 4.79 Å². The number of nitrogens with zero attached hydrogens (tertiary/aromatic N) is 2. The number of hydrogen-bond donors (Lipinski definition) is 5. The minimum Gasteiger partial charge on any atom is -0.386 e. The number of fused-ring (bicyclic) bond motifs is 1. The molecule has 3 saturated heterocycles. The summed E-state index contributed by atoms with van der Waals surface area (Å²) in [6.45, 7) is 1.84. The molecule has 4 rings (SSSR count). The topological polar surface area (TPSA) is 153 Å². The van der Waals surface area contributed by atoms with Crippen LogP contribution in [0.15, 0.2) is 24.5 Å². The van der Waals surface area contributed by atoms with Crippen LogP contribution in [0.5, 0.6) is 0 Å². The average molecular weight is 575 g/mol. The van der Waals surface area contributed by atoms with Crippen molar-refractivity contribution < 1.29 is 24.3 Å². The first-order valence-corrected chi connectivity index (χ1v) is 15.6. The summed E-state index contributed by atoms with van der Waals surface area (Å²) in [5.41, 5.74) is 0.536. The average Bonchev–Trinajstić information content (AvgIpc) is 3.70. The smallest absolute Gasteiger partial charge is 0.315 e. The molecule has 11 nitrogen and oxygen atoms in total. The third-order valence-corrected chi connectivity index (χ3v) is 9.36. The largest absolute Gasteiger partial charge is 0.386 e. The van der Waals surface area contributed by atoms with Crippen LogP contribution in [0.3, 0.4) is 0 Å². The Labute approximate surface area is 240 Å². The number of amides is 5. The van der Waals surface area contributed by atoms with Crippen molar-refractivity contribution in [2.24, 2.45) is 0 Å². The Hall–Kier alpha value is -2.86. The van der Waals surface area contributed by atoms with Gasteiger partial charge in [0.25, 0.3) is 0 Å². The molecule has 12 heteroatoms. The fourth-order valence-electron chi connectivity index (χ4n) is 5.59. The van der Waals surface area contributed by atoms with E-state index in [1.54, 1.807) is 29.4 Å². The van der Waals surface area contributed by atoms with Gasteiger partial charge in [0, 0.05) is 55.9 Å². The van der Waals surface area contributed by atoms with E-state index in [0.717, 1.165) is 50.7 Å². The van der Waals surface area contributed by atoms with E-state index in [2.05, 4.69) is 26.3 Å². The van der Waals surface area contributed by atoms with Gasteiger partial charge in [0.05, 0.1) is 12.1 Å². The Balaban J connectivity index is 1.07. The van der Waals surface area contributed by atoms with Crippen LogP contribution in [-0.4, -0.2) is 87.5 Å². The predicted molar refractivity (Wildman–Crippen MR) is 152 cm³/mol. The highest BCUT2D eigenvalue weighted by atomic mass is 32.2. The molecule has 220 valence electrons. The molecule has 3 aliphatic rings. The molecule has 4 heterocycles. The summed E-state index contributed by atoms with van der Waals surface area (Å²) in [4.78, 5) is 55.0. The Morgan fingerprint density at radius 1 is 1.02 bits per heavy atom. The standard InChI is InChI=1S/C28H42N6O5S/c35-22(9-4-3-8-21-24-20(18-40-21)31-28(39)33-24)30-13-5-1-2-10-23(36)32-25(27(38)34-16-6-7-17-34)26(37)19-11-14-29-15-12-19/h11-12,14-15,20-21,24-26,37H,1-10,13,16-18H2,(H,30,35)(H,32,36)(H2,31,33,39)/t20-,21-,24-,25-,26+/m0/s1. The van der Waals surface area contributed by atoms with Crippen LogP contribution in [0.2, 0.25) is 0 Å². The number of rotatable bonds is 15. The van der Waals surface area contributed by atoms with Gasteiger partial charge in [0.15, 0.2) is 0 Å². The number of pyridine rings is 1. The fraction of sp³-hybridized carbons (Fsp3) is 0.679. The zero-order valence-corrected chi connectivity index (χ0v) is 23.8. The second-order valence-corrected chi connectivity index (χ2v) is 12.1. The van der Waals surface area contributed by atoms with E-state index >= 15 is 0 Å². The molecule has 1 aromatic rings. The van der Waals surface area contributed by atoms with Gasteiger partial charge in [-0.3, -0.25) is 19.4 Å². The molecule has 0 unspecified atom stereocenters. The van der Waals surface area contributed by atoms with Gasteiger partial charge in [0.1, 0.15) is 12.1 Å². The third-order valence-electron chi connectivity index (χ3n) is 7.85. The summed E-state index contributed by atoms with van der Waals surface area (Å²) in [6, 6.07) is 2.62. The van der Waals surface area contributed by atoms with Gasteiger partial charge >= 0.3 is 6.03 Å². The predicted octanol–water partition coefficient (Wildman–Crippen LogP) is 1.62. The Morgan fingerprint density at radius 3 is 2.52 bits per heavy atom. The van der Waals surface area contributed by atoms with Crippen molar-refractivity contribution in [3.05, 3.63) is 30.1 Å². The lowest BCUT2D eigenvalue weighted by molar-refractivity contribution is -0.139. The number of urea groups is 1. The number of unbranched alkanes of at least 4 members (excludes halogenated alkanes) is 3. The number of hydrogen-bond acceptors (Lipinski definition) is 7. The lowest BCUT2D eigenvalue weighted by Gasteiger charge is -2.28. The summed E-state index contributed by atoms with van der Waals surface area (Å²) in [5, 5.41) is 23.0. The van der Waals surface area contributed by atoms with Crippen molar-refractivity contribution in [1.82, 2.24) is 31.2 Å². The Bertz CT molecular complexity index is 1010. The lowest BCUT2D eigenvalue weighted by atomic mass is 10.0. The highest BCUT2D eigenvalue weighted by Gasteiger charge is 2.42. The number of nitrogens with one attached hydrogen (secondary N) is 4. The number of aliphatic hydroxyl groups excluding tert-OH is 1. The molecule has 3 fully saturated rings. The van der Waals surface area contributed by atoms with Gasteiger partial charge < -0.3 is 31.3 Å². The molecule has 0 aromatic carbocycles. The van der Waals surface area contributed by atoms with Crippen LogP contribution in [-0.2, 0) is 14.4 Å². The zero-order chi connectivity index (χ0) is 28.3. The lowest BCUT2D eigenvalue weighted by Crippen LogP contribution is -2.51. The van der Waals surface area contributed by atoms with Crippen molar-refractivity contribution >= 4 is 35.5 Å². The van der Waals surface area contributed by atoms with Crippen molar-refractivity contribution in [3.63, 3.8) is 0 Å². The highest BCUT2D eigenvalue weighted by Crippen LogP contribution is 2.33. The minimum absolute atomic E-state index is 0.0406. The molecule has 3 aliphatic heterocycles. The minimum atomic E-state index is -1.15. The summed E-state index contributed by atoms with van der Waals surface area (Å²) in [6.07, 6.45) is 9.48. The quantitative estimate of drug-likeness (QED) is 0.158. The SMILES string of the molecule is O=C(CCCC[C@@H]1SC[C@@H]2NC(=O)N[C@@H]21)NCCCCCC(=O)N[C@H](C(=O)N1CCCC1)[C@H](O)c1ccncc1. The van der Waals surface area contributed by atoms with E-state index < -0.39 is 12.1 Å². The van der Waals surface area contributed by atoms with E-state index in [0.29, 0.717) is 43.3 Å². The van der Waals surface area contributed by atoms with E-state index in [4.69, 9.17) is 0 Å². The van der Waals surface area contributed by atoms with Crippen molar-refractivity contribution in [2.45, 2.75) is 93.7 Å². The Kier molecular flexibility index (Phi) is 11.5. The van der Waals surface area contributed by atoms with E-state index in [9.17, 15) is 24.3 Å². The molecule has 0 spiro atoms. The second-order valence-electron chi connectivity index (χ2n) is 10.8. The van der Waals surface area contributed by atoms with Crippen molar-refractivity contribution in [3.8, 4) is 0 Å². The summed E-state index contributed by atoms with van der Waals surface area (Å²) >= 11 is 1.89. The van der Waals surface area contributed by atoms with Crippen LogP contribution in [0.25, 0.3) is 0 Å². The maximum Gasteiger partial charge on any atom is 0.315 e. The molecule has 0 saturated carbocycles. The van der Waals surface area contributed by atoms with E-state index in [1.165, 1.54) is 0 Å². The number of likely N-dealkylation sites (tertiary alicyclic amines) is 1. The number of carbonyl (C=O) groups is 4. The maximum atomic E-state index is 13.1. The van der Waals surface area contributed by atoms with Crippen molar-refractivity contribution in [2.75, 3.05) is 25.4 Å². The first-order valence-electron chi connectivity index (χ1n) is 14.5. The summed E-state index contributed by atoms with van der Waals surface area (Å²) in [5.74, 6) is 0.459. The molecule has 0 radical (unpaired) electrons. The molecular weight excluding hydrogens is 532 g/mol. The van der Waals surface area contributed by atoms with Crippen LogP contribution in [0, 0.1) is 0 Å². The number of carbonyl (C=O) groups excluding carboxylic acids is 4. The molecular formula is C28H42N6O5S. The second kappa shape index (κ2) is 15.2. The summed E-state index contributed by atoms with van der Waals surface area (Å²) in [7, 11) is 0. The van der Waals surface area contributed by atoms with Crippen LogP contribution in [0.1, 0.15) is 75.9 Å². The van der Waals surface area contributed by atoms with E-state index in [-0.39, 0.29) is 42.3 Å². The van der Waals surface area contributed by atoms with Crippen LogP contribution >= 0.6 is 11.8 Å². The molecule has 0 aliphatic carbocycles. The summed E-state index contributed by atoms with van der Waals surface area (Å²) < 4.78 is 0. The number of thioether (sulfide) groups is 1. The normalized spacial score (nSPS) is 23.2. The van der Waals surface area contributed by atoms with Crippen LogP contribution < -0.4 is 21.3 Å². The van der Waals surface area contributed by atoms with Gasteiger partial charge in [-0.05, 0) is 56.2 Å². The van der Waals surface area contributed by atoms with Gasteiger partial charge in [-0.1, -0.05) is 12.8 Å². The first-order chi connectivity index (χ1) is 19.4. The molecule has 40 heavy (non-hydrogen) atoms. The monoisotopic (exact) mass is 574 g/mol. The highest BCUT2D eigenvalue weighted by molar-refractivity contribution is 8.00.